The molecule has 27 heavy (non-hydrogen) atoms. The first-order chi connectivity index (χ1) is 13.0. The molecule has 0 aliphatic heterocycles. The fourth-order valence-corrected chi connectivity index (χ4v) is 2.95. The molecule has 3 N–H and O–H groups in total. The molecule has 138 valence electrons. The summed E-state index contributed by atoms with van der Waals surface area (Å²) in [5.41, 5.74) is 1.73. The maximum Gasteiger partial charge on any atom is 0.257 e. The zero-order chi connectivity index (χ0) is 19.4. The number of carbonyl (C=O) groups is 1. The van der Waals surface area contributed by atoms with E-state index in [1.165, 1.54) is 0 Å². The van der Waals surface area contributed by atoms with E-state index in [1.807, 2.05) is 0 Å². The van der Waals surface area contributed by atoms with Crippen molar-refractivity contribution in [2.45, 2.75) is 6.61 Å². The van der Waals surface area contributed by atoms with Crippen molar-refractivity contribution in [2.24, 2.45) is 0 Å². The monoisotopic (exact) mass is 420 g/mol. The summed E-state index contributed by atoms with van der Waals surface area (Å²) in [5.74, 6) is 0.655. The summed E-state index contributed by atoms with van der Waals surface area (Å²) >= 11 is 17.3. The van der Waals surface area contributed by atoms with Gasteiger partial charge in [0.25, 0.3) is 5.91 Å². The van der Waals surface area contributed by atoms with Crippen LogP contribution in [0.15, 0.2) is 59.0 Å². The average molecular weight is 421 g/mol. The van der Waals surface area contributed by atoms with Gasteiger partial charge in [-0.05, 0) is 66.8 Å². The van der Waals surface area contributed by atoms with Gasteiger partial charge in [0.15, 0.2) is 5.11 Å². The lowest BCUT2D eigenvalue weighted by Gasteiger charge is -2.11. The van der Waals surface area contributed by atoms with Gasteiger partial charge in [0.1, 0.15) is 18.1 Å². The number of rotatable bonds is 4. The predicted octanol–water partition coefficient (Wildman–Crippen LogP) is 4.87. The molecule has 2 aromatic carbocycles. The van der Waals surface area contributed by atoms with E-state index in [0.717, 1.165) is 0 Å². The maximum atomic E-state index is 12.2. The van der Waals surface area contributed by atoms with Crippen LogP contribution in [0, 0.1) is 0 Å². The van der Waals surface area contributed by atoms with Gasteiger partial charge < -0.3 is 14.8 Å². The fourth-order valence-electron chi connectivity index (χ4n) is 2.34. The molecule has 0 fully saturated rings. The molecule has 0 aliphatic carbocycles. The molecule has 0 bridgehead atoms. The third-order valence-electron chi connectivity index (χ3n) is 3.64. The van der Waals surface area contributed by atoms with Crippen molar-refractivity contribution in [3.05, 3.63) is 76.0 Å². The number of thiocarbonyl (C=S) groups is 1. The van der Waals surface area contributed by atoms with Crippen LogP contribution in [0.3, 0.4) is 0 Å². The lowest BCUT2D eigenvalue weighted by Crippen LogP contribution is -2.34. The standard InChI is InChI=1S/C19H14Cl2N2O3S/c20-12-3-1-11(2-4-12)18(25)23-19(27)22-13-5-7-15(16(21)9-13)17-8-6-14(10-24)26-17/h1-9,24H,10H2,(H2,22,23,25,27). The van der Waals surface area contributed by atoms with Crippen LogP contribution in [-0.2, 0) is 6.61 Å². The smallest absolute Gasteiger partial charge is 0.257 e. The van der Waals surface area contributed by atoms with Crippen molar-refractivity contribution in [3.63, 3.8) is 0 Å². The van der Waals surface area contributed by atoms with E-state index in [-0.39, 0.29) is 17.6 Å². The number of furan rings is 1. The Bertz CT molecular complexity index is 987. The third kappa shape index (κ3) is 4.87. The quantitative estimate of drug-likeness (QED) is 0.524. The number of carbonyl (C=O) groups excluding carboxylic acids is 1. The number of amides is 1. The van der Waals surface area contributed by atoms with E-state index in [9.17, 15) is 4.79 Å². The van der Waals surface area contributed by atoms with E-state index >= 15 is 0 Å². The van der Waals surface area contributed by atoms with Gasteiger partial charge in [0.05, 0.1) is 5.02 Å². The van der Waals surface area contributed by atoms with Crippen molar-refractivity contribution >= 4 is 52.1 Å². The predicted molar refractivity (Wildman–Crippen MR) is 110 cm³/mol. The van der Waals surface area contributed by atoms with Crippen LogP contribution in [0.1, 0.15) is 16.1 Å². The molecule has 3 rings (SSSR count). The SMILES string of the molecule is O=C(NC(=S)Nc1ccc(-c2ccc(CO)o2)c(Cl)c1)c1ccc(Cl)cc1. The van der Waals surface area contributed by atoms with Crippen LogP contribution < -0.4 is 10.6 Å². The van der Waals surface area contributed by atoms with Crippen molar-refractivity contribution in [2.75, 3.05) is 5.32 Å². The van der Waals surface area contributed by atoms with Crippen molar-refractivity contribution in [1.29, 1.82) is 0 Å². The molecule has 5 nitrogen and oxygen atoms in total. The Morgan fingerprint density at radius 2 is 1.81 bits per heavy atom. The van der Waals surface area contributed by atoms with Gasteiger partial charge >= 0.3 is 0 Å². The summed E-state index contributed by atoms with van der Waals surface area (Å²) in [4.78, 5) is 12.2. The zero-order valence-electron chi connectivity index (χ0n) is 13.8. The first kappa shape index (κ1) is 19.4. The Labute approximate surface area is 170 Å². The molecule has 1 aromatic heterocycles. The lowest BCUT2D eigenvalue weighted by atomic mass is 10.1. The van der Waals surface area contributed by atoms with E-state index in [1.54, 1.807) is 54.6 Å². The highest BCUT2D eigenvalue weighted by Gasteiger charge is 2.11. The molecule has 0 radical (unpaired) electrons. The second-order valence-electron chi connectivity index (χ2n) is 5.53. The molecule has 0 aliphatic rings. The molecule has 0 spiro atoms. The maximum absolute atomic E-state index is 12.2. The highest BCUT2D eigenvalue weighted by molar-refractivity contribution is 7.80. The third-order valence-corrected chi connectivity index (χ3v) is 4.41. The van der Waals surface area contributed by atoms with Crippen LogP contribution in [0.5, 0.6) is 0 Å². The Balaban J connectivity index is 1.66. The van der Waals surface area contributed by atoms with E-state index < -0.39 is 0 Å². The van der Waals surface area contributed by atoms with Crippen LogP contribution >= 0.6 is 35.4 Å². The number of benzene rings is 2. The van der Waals surface area contributed by atoms with Gasteiger partial charge in [0, 0.05) is 21.8 Å². The summed E-state index contributed by atoms with van der Waals surface area (Å²) in [6.45, 7) is -0.182. The van der Waals surface area contributed by atoms with Gasteiger partial charge in [-0.2, -0.15) is 0 Å². The highest BCUT2D eigenvalue weighted by Crippen LogP contribution is 2.31. The van der Waals surface area contributed by atoms with Crippen LogP contribution in [0.4, 0.5) is 5.69 Å². The van der Waals surface area contributed by atoms with E-state index in [0.29, 0.717) is 38.4 Å². The molecule has 1 heterocycles. The summed E-state index contributed by atoms with van der Waals surface area (Å²) in [7, 11) is 0. The minimum absolute atomic E-state index is 0.138. The number of anilines is 1. The second-order valence-corrected chi connectivity index (χ2v) is 6.79. The largest absolute Gasteiger partial charge is 0.459 e. The Hall–Kier alpha value is -2.38. The topological polar surface area (TPSA) is 74.5 Å². The van der Waals surface area contributed by atoms with E-state index in [2.05, 4.69) is 10.6 Å². The zero-order valence-corrected chi connectivity index (χ0v) is 16.2. The van der Waals surface area contributed by atoms with Gasteiger partial charge in [-0.15, -0.1) is 0 Å². The summed E-state index contributed by atoms with van der Waals surface area (Å²) in [6, 6.07) is 15.1. The fraction of sp³-hybridized carbons (Fsp3) is 0.0526. The molecule has 0 saturated carbocycles. The molecule has 0 atom stereocenters. The number of aliphatic hydroxyl groups excluding tert-OH is 1. The Morgan fingerprint density at radius 3 is 2.44 bits per heavy atom. The van der Waals surface area contributed by atoms with Gasteiger partial charge in [0.2, 0.25) is 0 Å². The van der Waals surface area contributed by atoms with Gasteiger partial charge in [-0.25, -0.2) is 0 Å². The van der Waals surface area contributed by atoms with Crippen molar-refractivity contribution < 1.29 is 14.3 Å². The first-order valence-corrected chi connectivity index (χ1v) is 9.00. The van der Waals surface area contributed by atoms with Crippen LogP contribution in [-0.4, -0.2) is 16.1 Å². The number of nitrogens with one attached hydrogen (secondary N) is 2. The Kier molecular flexibility index (Phi) is 6.13. The van der Waals surface area contributed by atoms with Gasteiger partial charge in [-0.3, -0.25) is 10.1 Å². The molecule has 0 unspecified atom stereocenters. The molecular weight excluding hydrogens is 407 g/mol. The molecule has 8 heteroatoms. The van der Waals surface area contributed by atoms with Crippen molar-refractivity contribution in [3.8, 4) is 11.3 Å². The normalized spacial score (nSPS) is 10.5. The molecule has 0 saturated heterocycles. The molecular formula is C19H14Cl2N2O3S. The van der Waals surface area contributed by atoms with Crippen LogP contribution in [0.25, 0.3) is 11.3 Å². The number of aliphatic hydroxyl groups is 1. The van der Waals surface area contributed by atoms with Crippen LogP contribution in [0.2, 0.25) is 10.0 Å². The minimum Gasteiger partial charge on any atom is -0.459 e. The summed E-state index contributed by atoms with van der Waals surface area (Å²) in [5, 5.41) is 15.7. The number of hydrogen-bond donors (Lipinski definition) is 3. The molecule has 1 amide bonds. The summed E-state index contributed by atoms with van der Waals surface area (Å²) in [6.07, 6.45) is 0. The highest BCUT2D eigenvalue weighted by atomic mass is 35.5. The van der Waals surface area contributed by atoms with Crippen molar-refractivity contribution in [1.82, 2.24) is 5.32 Å². The molecule has 3 aromatic rings. The first-order valence-electron chi connectivity index (χ1n) is 7.83. The van der Waals surface area contributed by atoms with E-state index in [4.69, 9.17) is 44.9 Å². The number of halogens is 2. The lowest BCUT2D eigenvalue weighted by molar-refractivity contribution is 0.0977. The number of hydrogen-bond acceptors (Lipinski definition) is 4. The Morgan fingerprint density at radius 1 is 1.07 bits per heavy atom. The minimum atomic E-state index is -0.348. The van der Waals surface area contributed by atoms with Gasteiger partial charge in [-0.1, -0.05) is 23.2 Å². The second kappa shape index (κ2) is 8.54. The average Bonchev–Trinajstić information content (AvgIpc) is 3.11. The summed E-state index contributed by atoms with van der Waals surface area (Å²) < 4.78 is 5.48.